The summed E-state index contributed by atoms with van der Waals surface area (Å²) in [6.07, 6.45) is 3.92. The normalized spacial score (nSPS) is 16.1. The number of hydrogen-bond donors (Lipinski definition) is 3. The summed E-state index contributed by atoms with van der Waals surface area (Å²) >= 11 is -2.13. The van der Waals surface area contributed by atoms with Crippen LogP contribution in [0.2, 0.25) is 0 Å². The van der Waals surface area contributed by atoms with Crippen molar-refractivity contribution in [3.05, 3.63) is 52.4 Å². The first-order valence-electron chi connectivity index (χ1n) is 11.1. The predicted molar refractivity (Wildman–Crippen MR) is 136 cm³/mol. The van der Waals surface area contributed by atoms with E-state index < -0.39 is 32.6 Å². The van der Waals surface area contributed by atoms with E-state index in [1.165, 1.54) is 33.3 Å². The number of benzene rings is 1. The molecule has 3 N–H and O–H groups in total. The van der Waals surface area contributed by atoms with Crippen LogP contribution >= 0.6 is 0 Å². The van der Waals surface area contributed by atoms with E-state index in [1.54, 1.807) is 25.3 Å². The third-order valence-corrected chi connectivity index (χ3v) is 8.07. The lowest BCUT2D eigenvalue weighted by molar-refractivity contribution is -0.116. The Morgan fingerprint density at radius 1 is 1.22 bits per heavy atom. The molecule has 14 heteroatoms. The van der Waals surface area contributed by atoms with E-state index in [2.05, 4.69) is 20.6 Å². The number of rotatable bonds is 7. The third kappa shape index (κ3) is 5.95. The van der Waals surface area contributed by atoms with Crippen LogP contribution in [0.25, 0.3) is 11.0 Å². The van der Waals surface area contributed by atoms with Crippen LogP contribution in [0.4, 0.5) is 11.6 Å². The van der Waals surface area contributed by atoms with Gasteiger partial charge in [-0.1, -0.05) is 0 Å². The molecule has 192 valence electrons. The number of carbonyl (C=O) groups is 1. The summed E-state index contributed by atoms with van der Waals surface area (Å²) in [4.78, 5) is 34.4. The van der Waals surface area contributed by atoms with Crippen LogP contribution in [0.1, 0.15) is 18.4 Å². The molecule has 1 fully saturated rings. The van der Waals surface area contributed by atoms with Gasteiger partial charge in [0.1, 0.15) is 12.2 Å². The Morgan fingerprint density at radius 2 is 1.94 bits per heavy atom. The smallest absolute Gasteiger partial charge is 0.252 e. The summed E-state index contributed by atoms with van der Waals surface area (Å²) < 4.78 is 46.7. The number of anilines is 2. The molecule has 1 atom stereocenters. The first kappa shape index (κ1) is 25.9. The SMILES string of the molecule is Cc1cc(NC(=O)Cn2c(=O)ccc3cnc(NC4CCN(S(C)(=O)=O)CC4)nc32)ccc1S(=O)O. The van der Waals surface area contributed by atoms with E-state index in [1.807, 2.05) is 0 Å². The molecule has 1 unspecified atom stereocenters. The monoisotopic (exact) mass is 534 g/mol. The van der Waals surface area contributed by atoms with Gasteiger partial charge in [0.2, 0.25) is 21.9 Å². The highest BCUT2D eigenvalue weighted by Gasteiger charge is 2.25. The lowest BCUT2D eigenvalue weighted by Gasteiger charge is -2.30. The zero-order valence-electron chi connectivity index (χ0n) is 19.7. The van der Waals surface area contributed by atoms with Crippen LogP contribution in [0.3, 0.4) is 0 Å². The van der Waals surface area contributed by atoms with Crippen LogP contribution in [0.15, 0.2) is 46.2 Å². The first-order chi connectivity index (χ1) is 17.0. The maximum atomic E-state index is 12.7. The van der Waals surface area contributed by atoms with Crippen molar-refractivity contribution in [1.82, 2.24) is 18.8 Å². The lowest BCUT2D eigenvalue weighted by atomic mass is 10.1. The van der Waals surface area contributed by atoms with Crippen molar-refractivity contribution in [2.24, 2.45) is 0 Å². The minimum Gasteiger partial charge on any atom is -0.351 e. The molecule has 0 aliphatic carbocycles. The number of sulfonamides is 1. The summed E-state index contributed by atoms with van der Waals surface area (Å²) in [6, 6.07) is 7.43. The molecule has 4 rings (SSSR count). The fraction of sp³-hybridized carbons (Fsp3) is 0.364. The summed E-state index contributed by atoms with van der Waals surface area (Å²) in [6.45, 7) is 2.14. The van der Waals surface area contributed by atoms with Gasteiger partial charge in [0.05, 0.1) is 11.2 Å². The van der Waals surface area contributed by atoms with Crippen LogP contribution in [-0.4, -0.2) is 67.3 Å². The van der Waals surface area contributed by atoms with Gasteiger partial charge in [-0.15, -0.1) is 0 Å². The second-order valence-electron chi connectivity index (χ2n) is 8.59. The fourth-order valence-corrected chi connectivity index (χ4v) is 5.47. The predicted octanol–water partition coefficient (Wildman–Crippen LogP) is 1.16. The Balaban J connectivity index is 1.51. The van der Waals surface area contributed by atoms with E-state index in [-0.39, 0.29) is 29.1 Å². The highest BCUT2D eigenvalue weighted by Crippen LogP contribution is 2.19. The Morgan fingerprint density at radius 3 is 2.58 bits per heavy atom. The number of nitrogens with one attached hydrogen (secondary N) is 2. The number of piperidine rings is 1. The van der Waals surface area contributed by atoms with E-state index >= 15 is 0 Å². The van der Waals surface area contributed by atoms with Gasteiger partial charge in [0.15, 0.2) is 11.1 Å². The number of aromatic nitrogens is 3. The van der Waals surface area contributed by atoms with E-state index in [4.69, 9.17) is 0 Å². The molecule has 1 aliphatic rings. The Kier molecular flexibility index (Phi) is 7.49. The fourth-order valence-electron chi connectivity index (χ4n) is 4.08. The molecule has 0 saturated carbocycles. The first-order valence-corrected chi connectivity index (χ1v) is 14.1. The van der Waals surface area contributed by atoms with Gasteiger partial charge < -0.3 is 15.2 Å². The van der Waals surface area contributed by atoms with Crippen LogP contribution < -0.4 is 16.2 Å². The molecule has 2 aromatic heterocycles. The zero-order valence-corrected chi connectivity index (χ0v) is 21.3. The Bertz CT molecular complexity index is 1500. The minimum atomic E-state index is -3.23. The average molecular weight is 535 g/mol. The second-order valence-corrected chi connectivity index (χ2v) is 11.5. The van der Waals surface area contributed by atoms with E-state index in [0.717, 1.165) is 0 Å². The van der Waals surface area contributed by atoms with Gasteiger partial charge in [0.25, 0.3) is 5.56 Å². The topological polar surface area (TPSA) is 164 Å². The number of carbonyl (C=O) groups excluding carboxylic acids is 1. The van der Waals surface area contributed by atoms with Crippen molar-refractivity contribution < 1.29 is 22.0 Å². The number of nitrogens with zero attached hydrogens (tertiary/aromatic N) is 4. The number of aryl methyl sites for hydroxylation is 1. The van der Waals surface area contributed by atoms with Crippen molar-refractivity contribution in [2.45, 2.75) is 37.2 Å². The summed E-state index contributed by atoms with van der Waals surface area (Å²) in [5.74, 6) is -0.188. The molecule has 36 heavy (non-hydrogen) atoms. The molecule has 0 spiro atoms. The maximum Gasteiger partial charge on any atom is 0.252 e. The molecule has 0 bridgehead atoms. The van der Waals surface area contributed by atoms with Crippen LogP contribution in [-0.2, 0) is 32.4 Å². The summed E-state index contributed by atoms with van der Waals surface area (Å²) in [7, 11) is -3.23. The highest BCUT2D eigenvalue weighted by molar-refractivity contribution is 7.88. The molecule has 3 aromatic rings. The maximum absolute atomic E-state index is 12.7. The quantitative estimate of drug-likeness (QED) is 0.377. The van der Waals surface area contributed by atoms with Gasteiger partial charge in [-0.25, -0.2) is 21.9 Å². The van der Waals surface area contributed by atoms with Gasteiger partial charge in [-0.05, 0) is 49.6 Å². The number of pyridine rings is 1. The Labute approximate surface area is 210 Å². The number of hydrogen-bond acceptors (Lipinski definition) is 8. The van der Waals surface area contributed by atoms with Crippen LogP contribution in [0.5, 0.6) is 0 Å². The van der Waals surface area contributed by atoms with E-state index in [0.29, 0.717) is 42.6 Å². The van der Waals surface area contributed by atoms with Gasteiger partial charge in [-0.3, -0.25) is 14.2 Å². The van der Waals surface area contributed by atoms with Gasteiger partial charge in [0, 0.05) is 42.5 Å². The Hall–Kier alpha value is -3.20. The van der Waals surface area contributed by atoms with Crippen molar-refractivity contribution in [3.8, 4) is 0 Å². The van der Waals surface area contributed by atoms with Gasteiger partial charge in [-0.2, -0.15) is 4.98 Å². The standard InChI is InChI=1S/C22H26N6O6S2/c1-14-11-17(4-5-18(14)35(31)32)24-19(29)13-28-20(30)6-3-15-12-23-22(26-21(15)28)25-16-7-9-27(10-8-16)36(2,33)34/h3-6,11-12,16H,7-10,13H2,1-2H3,(H,24,29)(H,31,32)(H,23,25,26). The van der Waals surface area contributed by atoms with Crippen molar-refractivity contribution in [3.63, 3.8) is 0 Å². The largest absolute Gasteiger partial charge is 0.351 e. The lowest BCUT2D eigenvalue weighted by Crippen LogP contribution is -2.42. The average Bonchev–Trinajstić information content (AvgIpc) is 2.80. The van der Waals surface area contributed by atoms with Crippen molar-refractivity contribution in [1.29, 1.82) is 0 Å². The molecule has 0 radical (unpaired) electrons. The van der Waals surface area contributed by atoms with Crippen molar-refractivity contribution in [2.75, 3.05) is 30.0 Å². The van der Waals surface area contributed by atoms with Crippen molar-refractivity contribution >= 4 is 49.7 Å². The molecule has 1 aromatic carbocycles. The molecule has 1 aliphatic heterocycles. The molecule has 12 nitrogen and oxygen atoms in total. The van der Waals surface area contributed by atoms with E-state index in [9.17, 15) is 26.8 Å². The number of fused-ring (bicyclic) bond motifs is 1. The molecule has 1 amide bonds. The highest BCUT2D eigenvalue weighted by atomic mass is 32.2. The molecular weight excluding hydrogens is 508 g/mol. The molecular formula is C22H26N6O6S2. The molecule has 3 heterocycles. The van der Waals surface area contributed by atoms with Gasteiger partial charge >= 0.3 is 0 Å². The summed E-state index contributed by atoms with van der Waals surface area (Å²) in [5.41, 5.74) is 0.844. The molecule has 1 saturated heterocycles. The second kappa shape index (κ2) is 10.4. The summed E-state index contributed by atoms with van der Waals surface area (Å²) in [5, 5.41) is 6.47. The third-order valence-electron chi connectivity index (χ3n) is 5.93. The minimum absolute atomic E-state index is 0.0351. The van der Waals surface area contributed by atoms with Crippen LogP contribution in [0, 0.1) is 6.92 Å². The number of amides is 1. The zero-order chi connectivity index (χ0) is 26.0.